The molecule has 0 radical (unpaired) electrons. The number of nitrogens with zero attached hydrogens (tertiary/aromatic N) is 1. The fourth-order valence-electron chi connectivity index (χ4n) is 2.01. The summed E-state index contributed by atoms with van der Waals surface area (Å²) < 4.78 is 0. The molecule has 0 fully saturated rings. The summed E-state index contributed by atoms with van der Waals surface area (Å²) in [6.07, 6.45) is 1.65. The van der Waals surface area contributed by atoms with Gasteiger partial charge in [-0.05, 0) is 25.5 Å². The predicted molar refractivity (Wildman–Crippen MR) is 81.4 cm³/mol. The first-order valence-corrected chi connectivity index (χ1v) is 6.78. The highest BCUT2D eigenvalue weighted by atomic mass is 16.2. The van der Waals surface area contributed by atoms with Crippen LogP contribution in [0.2, 0.25) is 0 Å². The Morgan fingerprint density at radius 2 is 2.14 bits per heavy atom. The molecule has 110 valence electrons. The van der Waals surface area contributed by atoms with E-state index in [1.165, 1.54) is 6.92 Å². The molecule has 0 aliphatic heterocycles. The number of hydrogen-bond donors (Lipinski definition) is 3. The highest BCUT2D eigenvalue weighted by Gasteiger charge is 2.17. The average Bonchev–Trinajstić information content (AvgIpc) is 2.81. The smallest absolute Gasteiger partial charge is 0.278 e. The van der Waals surface area contributed by atoms with Crippen LogP contribution in [0.4, 0.5) is 11.4 Å². The minimum Gasteiger partial charge on any atom is -0.395 e. The SMILES string of the molecule is CCCc1[nH]nc(C(=O)Nc2cccc(C(C)=O)c2)c1N. The fraction of sp³-hybridized carbons (Fsp3) is 0.267. The third kappa shape index (κ3) is 3.28. The topological polar surface area (TPSA) is 101 Å². The summed E-state index contributed by atoms with van der Waals surface area (Å²) in [5, 5.41) is 9.44. The fourth-order valence-corrected chi connectivity index (χ4v) is 2.01. The van der Waals surface area contributed by atoms with Crippen molar-refractivity contribution in [3.63, 3.8) is 0 Å². The summed E-state index contributed by atoms with van der Waals surface area (Å²) in [6, 6.07) is 6.74. The summed E-state index contributed by atoms with van der Waals surface area (Å²) in [7, 11) is 0. The van der Waals surface area contributed by atoms with Crippen LogP contribution >= 0.6 is 0 Å². The first-order chi connectivity index (χ1) is 10.0. The van der Waals surface area contributed by atoms with E-state index < -0.39 is 5.91 Å². The monoisotopic (exact) mass is 286 g/mol. The Kier molecular flexibility index (Phi) is 4.37. The maximum absolute atomic E-state index is 12.2. The van der Waals surface area contributed by atoms with Crippen LogP contribution in [0.1, 0.15) is 46.8 Å². The molecule has 2 rings (SSSR count). The molecule has 0 bridgehead atoms. The quantitative estimate of drug-likeness (QED) is 0.734. The average molecular weight is 286 g/mol. The predicted octanol–water partition coefficient (Wildman–Crippen LogP) is 2.40. The number of hydrogen-bond acceptors (Lipinski definition) is 4. The number of aryl methyl sites for hydroxylation is 1. The number of nitrogens with two attached hydrogens (primary N) is 1. The molecule has 0 unspecified atom stereocenters. The summed E-state index contributed by atoms with van der Waals surface area (Å²) in [5.41, 5.74) is 8.29. The number of nitrogens with one attached hydrogen (secondary N) is 2. The standard InChI is InChI=1S/C15H18N4O2/c1-3-5-12-13(16)14(19-18-12)15(21)17-11-7-4-6-10(8-11)9(2)20/h4,6-8H,3,5,16H2,1-2H3,(H,17,21)(H,18,19). The second-order valence-corrected chi connectivity index (χ2v) is 4.81. The lowest BCUT2D eigenvalue weighted by atomic mass is 10.1. The zero-order valence-electron chi connectivity index (χ0n) is 12.1. The second-order valence-electron chi connectivity index (χ2n) is 4.81. The second kappa shape index (κ2) is 6.21. The Hall–Kier alpha value is -2.63. The van der Waals surface area contributed by atoms with Gasteiger partial charge in [0.2, 0.25) is 0 Å². The number of carbonyl (C=O) groups is 2. The van der Waals surface area contributed by atoms with Gasteiger partial charge in [0.25, 0.3) is 5.91 Å². The molecule has 0 aliphatic rings. The zero-order chi connectivity index (χ0) is 15.4. The number of amides is 1. The summed E-state index contributed by atoms with van der Waals surface area (Å²) >= 11 is 0. The maximum Gasteiger partial charge on any atom is 0.278 e. The van der Waals surface area contributed by atoms with Gasteiger partial charge in [0.15, 0.2) is 11.5 Å². The summed E-state index contributed by atoms with van der Waals surface area (Å²) in [4.78, 5) is 23.5. The molecule has 21 heavy (non-hydrogen) atoms. The van der Waals surface area contributed by atoms with Crippen molar-refractivity contribution in [2.24, 2.45) is 0 Å². The molecule has 1 heterocycles. The molecule has 1 aromatic heterocycles. The number of nitrogen functional groups attached to an aromatic ring is 1. The van der Waals surface area contributed by atoms with Crippen molar-refractivity contribution in [2.45, 2.75) is 26.7 Å². The Labute approximate surface area is 122 Å². The molecule has 4 N–H and O–H groups in total. The highest BCUT2D eigenvalue weighted by Crippen LogP contribution is 2.18. The number of anilines is 2. The van der Waals surface area contributed by atoms with E-state index in [1.807, 2.05) is 6.92 Å². The largest absolute Gasteiger partial charge is 0.395 e. The summed E-state index contributed by atoms with van der Waals surface area (Å²) in [5.74, 6) is -0.456. The van der Waals surface area contributed by atoms with Gasteiger partial charge in [0, 0.05) is 11.3 Å². The van der Waals surface area contributed by atoms with Gasteiger partial charge in [-0.25, -0.2) is 0 Å². The minimum atomic E-state index is -0.396. The molecule has 0 spiro atoms. The maximum atomic E-state index is 12.2. The van der Waals surface area contributed by atoms with Crippen molar-refractivity contribution in [3.05, 3.63) is 41.2 Å². The van der Waals surface area contributed by atoms with Crippen molar-refractivity contribution in [3.8, 4) is 0 Å². The van der Waals surface area contributed by atoms with Crippen LogP contribution in [0.5, 0.6) is 0 Å². The van der Waals surface area contributed by atoms with Crippen LogP contribution < -0.4 is 11.1 Å². The number of aromatic nitrogens is 2. The van der Waals surface area contributed by atoms with Gasteiger partial charge in [-0.3, -0.25) is 14.7 Å². The van der Waals surface area contributed by atoms with Crippen LogP contribution in [0, 0.1) is 0 Å². The van der Waals surface area contributed by atoms with Crippen molar-refractivity contribution in [1.82, 2.24) is 10.2 Å². The Morgan fingerprint density at radius 3 is 2.81 bits per heavy atom. The highest BCUT2D eigenvalue weighted by molar-refractivity contribution is 6.07. The van der Waals surface area contributed by atoms with E-state index >= 15 is 0 Å². The van der Waals surface area contributed by atoms with Crippen molar-refractivity contribution in [1.29, 1.82) is 0 Å². The molecule has 0 saturated carbocycles. The van der Waals surface area contributed by atoms with E-state index in [9.17, 15) is 9.59 Å². The van der Waals surface area contributed by atoms with Gasteiger partial charge < -0.3 is 11.1 Å². The van der Waals surface area contributed by atoms with E-state index in [4.69, 9.17) is 5.73 Å². The van der Waals surface area contributed by atoms with Gasteiger partial charge >= 0.3 is 0 Å². The lowest BCUT2D eigenvalue weighted by Gasteiger charge is -2.05. The third-order valence-corrected chi connectivity index (χ3v) is 3.12. The van der Waals surface area contributed by atoms with Crippen molar-refractivity contribution in [2.75, 3.05) is 11.1 Å². The number of Topliss-reactive ketones (excluding diaryl/α,β-unsaturated/α-hetero) is 1. The van der Waals surface area contributed by atoms with Crippen LogP contribution in [-0.2, 0) is 6.42 Å². The molecular formula is C15H18N4O2. The molecule has 6 nitrogen and oxygen atoms in total. The van der Waals surface area contributed by atoms with Gasteiger partial charge in [0.05, 0.1) is 11.4 Å². The van der Waals surface area contributed by atoms with E-state index in [0.717, 1.165) is 18.5 Å². The molecular weight excluding hydrogens is 268 g/mol. The van der Waals surface area contributed by atoms with Crippen LogP contribution in [0.25, 0.3) is 0 Å². The number of aromatic amines is 1. The Balaban J connectivity index is 2.18. The van der Waals surface area contributed by atoms with Gasteiger partial charge in [-0.15, -0.1) is 0 Å². The zero-order valence-corrected chi connectivity index (χ0v) is 12.1. The number of carbonyl (C=O) groups excluding carboxylic acids is 2. The van der Waals surface area contributed by atoms with Gasteiger partial charge in [-0.2, -0.15) is 5.10 Å². The van der Waals surface area contributed by atoms with Crippen molar-refractivity contribution < 1.29 is 9.59 Å². The van der Waals surface area contributed by atoms with E-state index in [2.05, 4.69) is 15.5 Å². The normalized spacial score (nSPS) is 10.4. The number of rotatable bonds is 5. The molecule has 1 amide bonds. The van der Waals surface area contributed by atoms with E-state index in [1.54, 1.807) is 24.3 Å². The van der Waals surface area contributed by atoms with Gasteiger partial charge in [0.1, 0.15) is 0 Å². The van der Waals surface area contributed by atoms with Crippen LogP contribution in [0.15, 0.2) is 24.3 Å². The lowest BCUT2D eigenvalue weighted by molar-refractivity contribution is 0.100. The van der Waals surface area contributed by atoms with E-state index in [-0.39, 0.29) is 11.5 Å². The molecule has 6 heteroatoms. The van der Waals surface area contributed by atoms with Crippen LogP contribution in [0.3, 0.4) is 0 Å². The molecule has 1 aromatic carbocycles. The molecule has 0 saturated heterocycles. The third-order valence-electron chi connectivity index (χ3n) is 3.12. The van der Waals surface area contributed by atoms with Gasteiger partial charge in [-0.1, -0.05) is 25.5 Å². The van der Waals surface area contributed by atoms with Crippen LogP contribution in [-0.4, -0.2) is 21.9 Å². The van der Waals surface area contributed by atoms with E-state index in [0.29, 0.717) is 16.9 Å². The number of benzene rings is 1. The first-order valence-electron chi connectivity index (χ1n) is 6.78. The number of ketones is 1. The minimum absolute atomic E-state index is 0.0596. The summed E-state index contributed by atoms with van der Waals surface area (Å²) in [6.45, 7) is 3.50. The lowest BCUT2D eigenvalue weighted by Crippen LogP contribution is -2.14. The number of H-pyrrole nitrogens is 1. The molecule has 2 aromatic rings. The Morgan fingerprint density at radius 1 is 1.38 bits per heavy atom. The Bertz CT molecular complexity index is 676. The molecule has 0 atom stereocenters. The first kappa shape index (κ1) is 14.8. The molecule has 0 aliphatic carbocycles. The van der Waals surface area contributed by atoms with Crippen molar-refractivity contribution >= 4 is 23.1 Å².